The van der Waals surface area contributed by atoms with Crippen molar-refractivity contribution in [2.45, 2.75) is 26.4 Å². The van der Waals surface area contributed by atoms with E-state index in [-0.39, 0.29) is 6.04 Å². The summed E-state index contributed by atoms with van der Waals surface area (Å²) in [5.41, 5.74) is 1.92. The van der Waals surface area contributed by atoms with Gasteiger partial charge in [-0.25, -0.2) is 4.99 Å². The van der Waals surface area contributed by atoms with Crippen LogP contribution in [0.1, 0.15) is 31.1 Å². The summed E-state index contributed by atoms with van der Waals surface area (Å²) < 4.78 is 0. The van der Waals surface area contributed by atoms with Gasteiger partial charge in [-0.3, -0.25) is 5.10 Å². The van der Waals surface area contributed by atoms with E-state index < -0.39 is 0 Å². The van der Waals surface area contributed by atoms with Gasteiger partial charge in [0.1, 0.15) is 0 Å². The highest BCUT2D eigenvalue weighted by molar-refractivity contribution is 6.35. The molecule has 1 unspecified atom stereocenters. The van der Waals surface area contributed by atoms with Gasteiger partial charge in [-0.2, -0.15) is 5.10 Å². The molecule has 2 rings (SSSR count). The molecule has 2 aromatic rings. The Morgan fingerprint density at radius 1 is 1.36 bits per heavy atom. The van der Waals surface area contributed by atoms with Gasteiger partial charge in [-0.15, -0.1) is 0 Å². The smallest absolute Gasteiger partial charge is 0.192 e. The number of H-pyrrole nitrogens is 1. The largest absolute Gasteiger partial charge is 0.357 e. The van der Waals surface area contributed by atoms with Gasteiger partial charge in [0.25, 0.3) is 0 Å². The van der Waals surface area contributed by atoms with E-state index in [1.165, 1.54) is 0 Å². The van der Waals surface area contributed by atoms with E-state index in [4.69, 9.17) is 23.2 Å². The number of halogens is 2. The Labute approximate surface area is 140 Å². The highest BCUT2D eigenvalue weighted by Gasteiger charge is 2.11. The summed E-state index contributed by atoms with van der Waals surface area (Å²) in [7, 11) is 0. The van der Waals surface area contributed by atoms with Crippen molar-refractivity contribution in [3.8, 4) is 0 Å². The highest BCUT2D eigenvalue weighted by atomic mass is 35.5. The first kappa shape index (κ1) is 16.6. The quantitative estimate of drug-likeness (QED) is 0.576. The van der Waals surface area contributed by atoms with E-state index in [0.29, 0.717) is 16.6 Å². The standard InChI is InChI=1S/C15H19Cl2N5/c1-3-18-15(19-9-12-6-7-20-22-12)21-10(2)13-5-4-11(16)8-14(13)17/h4-8,10H,3,9H2,1-2H3,(H,20,22)(H2,18,19,21). The first-order chi connectivity index (χ1) is 10.6. The minimum absolute atomic E-state index is 0.00401. The lowest BCUT2D eigenvalue weighted by Gasteiger charge is -2.19. The first-order valence-corrected chi connectivity index (χ1v) is 7.83. The Morgan fingerprint density at radius 2 is 2.18 bits per heavy atom. The summed E-state index contributed by atoms with van der Waals surface area (Å²) in [5, 5.41) is 14.6. The van der Waals surface area contributed by atoms with Crippen molar-refractivity contribution in [2.24, 2.45) is 4.99 Å². The molecule has 0 fully saturated rings. The average Bonchev–Trinajstić information content (AvgIpc) is 2.98. The summed E-state index contributed by atoms with van der Waals surface area (Å²) in [6, 6.07) is 7.39. The number of nitrogens with one attached hydrogen (secondary N) is 3. The molecule has 0 saturated carbocycles. The van der Waals surface area contributed by atoms with Gasteiger partial charge < -0.3 is 10.6 Å². The fourth-order valence-corrected chi connectivity index (χ4v) is 2.56. The molecule has 0 saturated heterocycles. The van der Waals surface area contributed by atoms with Crippen LogP contribution < -0.4 is 10.6 Å². The van der Waals surface area contributed by atoms with Crippen LogP contribution in [0.5, 0.6) is 0 Å². The van der Waals surface area contributed by atoms with Gasteiger partial charge in [-0.05, 0) is 37.6 Å². The molecule has 0 amide bonds. The van der Waals surface area contributed by atoms with Gasteiger partial charge in [0.05, 0.1) is 18.3 Å². The maximum Gasteiger partial charge on any atom is 0.192 e. The molecule has 1 aromatic carbocycles. The van der Waals surface area contributed by atoms with E-state index in [1.807, 2.05) is 32.0 Å². The number of aromatic amines is 1. The van der Waals surface area contributed by atoms with Crippen LogP contribution >= 0.6 is 23.2 Å². The number of guanidine groups is 1. The van der Waals surface area contributed by atoms with Gasteiger partial charge in [-0.1, -0.05) is 29.3 Å². The lowest BCUT2D eigenvalue weighted by molar-refractivity contribution is 0.686. The number of rotatable bonds is 5. The van der Waals surface area contributed by atoms with Gasteiger partial charge in [0.2, 0.25) is 0 Å². The summed E-state index contributed by atoms with van der Waals surface area (Å²) >= 11 is 12.2. The minimum atomic E-state index is 0.00401. The van der Waals surface area contributed by atoms with Crippen LogP contribution in [-0.4, -0.2) is 22.7 Å². The van der Waals surface area contributed by atoms with Crippen molar-refractivity contribution in [3.05, 3.63) is 51.8 Å². The van der Waals surface area contributed by atoms with E-state index in [2.05, 4.69) is 25.8 Å². The van der Waals surface area contributed by atoms with E-state index in [9.17, 15) is 0 Å². The van der Waals surface area contributed by atoms with Crippen LogP contribution in [0.15, 0.2) is 35.5 Å². The second-order valence-electron chi connectivity index (χ2n) is 4.81. The second kappa shape index (κ2) is 8.06. The van der Waals surface area contributed by atoms with Crippen molar-refractivity contribution >= 4 is 29.2 Å². The number of hydrogen-bond donors (Lipinski definition) is 3. The van der Waals surface area contributed by atoms with Crippen molar-refractivity contribution in [2.75, 3.05) is 6.54 Å². The third-order valence-corrected chi connectivity index (χ3v) is 3.65. The lowest BCUT2D eigenvalue weighted by atomic mass is 10.1. The van der Waals surface area contributed by atoms with Gasteiger partial charge in [0, 0.05) is 22.8 Å². The third kappa shape index (κ3) is 4.64. The van der Waals surface area contributed by atoms with Gasteiger partial charge >= 0.3 is 0 Å². The number of aliphatic imine (C=N–C) groups is 1. The predicted octanol–water partition coefficient (Wildman–Crippen LogP) is 3.53. The van der Waals surface area contributed by atoms with Crippen molar-refractivity contribution in [1.82, 2.24) is 20.8 Å². The zero-order valence-corrected chi connectivity index (χ0v) is 14.0. The Bertz CT molecular complexity index is 625. The number of nitrogens with zero attached hydrogens (tertiary/aromatic N) is 2. The molecule has 7 heteroatoms. The summed E-state index contributed by atoms with van der Waals surface area (Å²) in [5.74, 6) is 0.718. The molecule has 22 heavy (non-hydrogen) atoms. The Hall–Kier alpha value is -1.72. The molecule has 1 atom stereocenters. The zero-order valence-electron chi connectivity index (χ0n) is 12.5. The maximum atomic E-state index is 6.25. The van der Waals surface area contributed by atoms with E-state index in [0.717, 1.165) is 23.8 Å². The molecule has 0 bridgehead atoms. The SMILES string of the molecule is CCNC(=NCc1ccn[nH]1)NC(C)c1ccc(Cl)cc1Cl. The fraction of sp³-hybridized carbons (Fsp3) is 0.333. The molecule has 0 aliphatic carbocycles. The van der Waals surface area contributed by atoms with Crippen molar-refractivity contribution in [1.29, 1.82) is 0 Å². The molecule has 1 aromatic heterocycles. The van der Waals surface area contributed by atoms with Crippen LogP contribution in [0.2, 0.25) is 10.0 Å². The van der Waals surface area contributed by atoms with Crippen LogP contribution in [-0.2, 0) is 6.54 Å². The molecule has 0 aliphatic heterocycles. The Kier molecular flexibility index (Phi) is 6.10. The van der Waals surface area contributed by atoms with Crippen molar-refractivity contribution < 1.29 is 0 Å². The maximum absolute atomic E-state index is 6.25. The molecule has 0 aliphatic rings. The molecule has 3 N–H and O–H groups in total. The molecular weight excluding hydrogens is 321 g/mol. The number of aromatic nitrogens is 2. The normalized spacial score (nSPS) is 13.0. The average molecular weight is 340 g/mol. The van der Waals surface area contributed by atoms with Crippen LogP contribution in [0, 0.1) is 0 Å². The lowest BCUT2D eigenvalue weighted by Crippen LogP contribution is -2.38. The Balaban J connectivity index is 2.07. The fourth-order valence-electron chi connectivity index (χ4n) is 1.99. The third-order valence-electron chi connectivity index (χ3n) is 3.09. The summed E-state index contributed by atoms with van der Waals surface area (Å²) in [6.07, 6.45) is 1.71. The molecule has 0 spiro atoms. The molecular formula is C15H19Cl2N5. The van der Waals surface area contributed by atoms with E-state index in [1.54, 1.807) is 12.3 Å². The topological polar surface area (TPSA) is 65.1 Å². The summed E-state index contributed by atoms with van der Waals surface area (Å²) in [4.78, 5) is 4.52. The number of hydrogen-bond acceptors (Lipinski definition) is 2. The summed E-state index contributed by atoms with van der Waals surface area (Å²) in [6.45, 7) is 5.35. The van der Waals surface area contributed by atoms with E-state index >= 15 is 0 Å². The number of benzene rings is 1. The predicted molar refractivity (Wildman–Crippen MR) is 91.4 cm³/mol. The molecule has 0 radical (unpaired) electrons. The van der Waals surface area contributed by atoms with Crippen LogP contribution in [0.25, 0.3) is 0 Å². The molecule has 5 nitrogen and oxygen atoms in total. The zero-order chi connectivity index (χ0) is 15.9. The highest BCUT2D eigenvalue weighted by Crippen LogP contribution is 2.25. The van der Waals surface area contributed by atoms with Crippen molar-refractivity contribution in [3.63, 3.8) is 0 Å². The minimum Gasteiger partial charge on any atom is -0.357 e. The first-order valence-electron chi connectivity index (χ1n) is 7.08. The van der Waals surface area contributed by atoms with Crippen LogP contribution in [0.3, 0.4) is 0 Å². The van der Waals surface area contributed by atoms with Gasteiger partial charge in [0.15, 0.2) is 5.96 Å². The molecule has 118 valence electrons. The monoisotopic (exact) mass is 339 g/mol. The Morgan fingerprint density at radius 3 is 2.82 bits per heavy atom. The second-order valence-corrected chi connectivity index (χ2v) is 5.65. The molecule has 1 heterocycles. The van der Waals surface area contributed by atoms with Crippen LogP contribution in [0.4, 0.5) is 0 Å².